The number of nitrogens with one attached hydrogen (secondary N) is 1. The van der Waals surface area contributed by atoms with Crippen molar-refractivity contribution in [1.29, 1.82) is 0 Å². The zero-order chi connectivity index (χ0) is 13.3. The molecule has 2 aromatic carbocycles. The van der Waals surface area contributed by atoms with Crippen LogP contribution in [0.4, 0.5) is 0 Å². The van der Waals surface area contributed by atoms with Crippen LogP contribution in [0.15, 0.2) is 71.8 Å². The Morgan fingerprint density at radius 3 is 2.26 bits per heavy atom. The van der Waals surface area contributed by atoms with E-state index in [1.807, 2.05) is 72.8 Å². The highest BCUT2D eigenvalue weighted by molar-refractivity contribution is 5.96. The second kappa shape index (κ2) is 6.91. The molecule has 0 fully saturated rings. The molecule has 0 radical (unpaired) electrons. The molecular formula is C16H16N3+. The van der Waals surface area contributed by atoms with Gasteiger partial charge in [-0.15, -0.1) is 5.10 Å². The second-order valence-corrected chi connectivity index (χ2v) is 3.93. The highest BCUT2D eigenvalue weighted by Crippen LogP contribution is 1.99. The van der Waals surface area contributed by atoms with Crippen LogP contribution in [-0.2, 0) is 0 Å². The van der Waals surface area contributed by atoms with Crippen molar-refractivity contribution in [2.45, 2.75) is 0 Å². The van der Waals surface area contributed by atoms with Crippen molar-refractivity contribution in [3.63, 3.8) is 0 Å². The minimum atomic E-state index is 0.463. The van der Waals surface area contributed by atoms with Gasteiger partial charge in [-0.1, -0.05) is 60.7 Å². The van der Waals surface area contributed by atoms with Crippen LogP contribution in [0.25, 0.3) is 6.08 Å². The molecule has 0 saturated heterocycles. The SMILES string of the molecule is NC(=N/[NH+]=C/C=C\c1ccccc1)c1ccccc1. The molecule has 0 aromatic heterocycles. The van der Waals surface area contributed by atoms with Crippen molar-refractivity contribution in [3.05, 3.63) is 77.9 Å². The molecule has 0 aliphatic carbocycles. The Morgan fingerprint density at radius 2 is 1.58 bits per heavy atom. The largest absolute Gasteiger partial charge is 0.378 e. The van der Waals surface area contributed by atoms with Crippen molar-refractivity contribution in [2.24, 2.45) is 10.8 Å². The van der Waals surface area contributed by atoms with Crippen LogP contribution in [0, 0.1) is 0 Å². The molecule has 0 atom stereocenters. The van der Waals surface area contributed by atoms with E-state index < -0.39 is 0 Å². The van der Waals surface area contributed by atoms with Crippen LogP contribution in [0.1, 0.15) is 11.1 Å². The van der Waals surface area contributed by atoms with Crippen LogP contribution in [-0.4, -0.2) is 12.1 Å². The van der Waals surface area contributed by atoms with Gasteiger partial charge in [-0.3, -0.25) is 0 Å². The molecule has 0 heterocycles. The summed E-state index contributed by atoms with van der Waals surface area (Å²) in [5, 5.41) is 6.87. The summed E-state index contributed by atoms with van der Waals surface area (Å²) in [4.78, 5) is 0. The van der Waals surface area contributed by atoms with Gasteiger partial charge in [-0.2, -0.15) is 0 Å². The molecule has 3 heteroatoms. The van der Waals surface area contributed by atoms with E-state index in [1.165, 1.54) is 0 Å². The maximum absolute atomic E-state index is 5.83. The first kappa shape index (κ1) is 12.8. The number of nitrogens with two attached hydrogens (primary N) is 1. The fraction of sp³-hybridized carbons (Fsp3) is 0. The lowest BCUT2D eigenvalue weighted by Gasteiger charge is -1.93. The Hall–Kier alpha value is -2.68. The van der Waals surface area contributed by atoms with Crippen LogP contribution in [0.5, 0.6) is 0 Å². The zero-order valence-corrected chi connectivity index (χ0v) is 10.5. The average Bonchev–Trinajstić information content (AvgIpc) is 2.49. The fourth-order valence-corrected chi connectivity index (χ4v) is 1.55. The van der Waals surface area contributed by atoms with Gasteiger partial charge in [0.1, 0.15) is 0 Å². The number of amidine groups is 1. The molecule has 0 spiro atoms. The van der Waals surface area contributed by atoms with Gasteiger partial charge in [0.15, 0.2) is 12.1 Å². The number of nitrogens with zero attached hydrogens (tertiary/aromatic N) is 1. The Morgan fingerprint density at radius 1 is 0.947 bits per heavy atom. The van der Waals surface area contributed by atoms with Gasteiger partial charge in [-0.25, -0.2) is 0 Å². The minimum Gasteiger partial charge on any atom is -0.378 e. The lowest BCUT2D eigenvalue weighted by molar-refractivity contribution is -0.456. The molecule has 19 heavy (non-hydrogen) atoms. The van der Waals surface area contributed by atoms with E-state index in [-0.39, 0.29) is 0 Å². The lowest BCUT2D eigenvalue weighted by Crippen LogP contribution is -2.62. The topological polar surface area (TPSA) is 52.3 Å². The molecule has 3 nitrogen and oxygen atoms in total. The smallest absolute Gasteiger partial charge is 0.198 e. The Kier molecular flexibility index (Phi) is 4.64. The van der Waals surface area contributed by atoms with Gasteiger partial charge in [-0.05, 0) is 11.6 Å². The average molecular weight is 250 g/mol. The lowest BCUT2D eigenvalue weighted by atomic mass is 10.2. The van der Waals surface area contributed by atoms with Crippen molar-refractivity contribution < 1.29 is 5.10 Å². The second-order valence-electron chi connectivity index (χ2n) is 3.93. The summed E-state index contributed by atoms with van der Waals surface area (Å²) in [5.74, 6) is 0.463. The minimum absolute atomic E-state index is 0.463. The summed E-state index contributed by atoms with van der Waals surface area (Å²) in [7, 11) is 0. The first-order valence-corrected chi connectivity index (χ1v) is 6.05. The zero-order valence-electron chi connectivity index (χ0n) is 10.5. The number of rotatable bonds is 4. The molecular weight excluding hydrogens is 234 g/mol. The van der Waals surface area contributed by atoms with Gasteiger partial charge >= 0.3 is 0 Å². The highest BCUT2D eigenvalue weighted by atomic mass is 15.2. The van der Waals surface area contributed by atoms with E-state index in [2.05, 4.69) is 10.2 Å². The third-order valence-electron chi connectivity index (χ3n) is 2.51. The summed E-state index contributed by atoms with van der Waals surface area (Å²) in [5.41, 5.74) is 7.87. The van der Waals surface area contributed by atoms with E-state index in [0.29, 0.717) is 5.84 Å². The number of hydrazone groups is 1. The fourth-order valence-electron chi connectivity index (χ4n) is 1.55. The summed E-state index contributed by atoms with van der Waals surface area (Å²) >= 11 is 0. The predicted octanol–water partition coefficient (Wildman–Crippen LogP) is 1.17. The molecule has 0 aliphatic heterocycles. The number of hydrogen-bond donors (Lipinski definition) is 2. The molecule has 2 rings (SSSR count). The van der Waals surface area contributed by atoms with Crippen molar-refractivity contribution in [2.75, 3.05) is 0 Å². The van der Waals surface area contributed by atoms with Gasteiger partial charge in [0, 0.05) is 16.7 Å². The molecule has 94 valence electrons. The molecule has 0 saturated carbocycles. The number of benzene rings is 2. The quantitative estimate of drug-likeness (QED) is 0.478. The molecule has 0 unspecified atom stereocenters. The van der Waals surface area contributed by atoms with Gasteiger partial charge in [0.05, 0.1) is 0 Å². The molecule has 0 aliphatic rings. The summed E-state index contributed by atoms with van der Waals surface area (Å²) < 4.78 is 0. The maximum Gasteiger partial charge on any atom is 0.198 e. The number of allylic oxidation sites excluding steroid dienone is 1. The molecule has 0 bridgehead atoms. The normalized spacial score (nSPS) is 12.3. The molecule has 2 aromatic rings. The Balaban J connectivity index is 1.95. The van der Waals surface area contributed by atoms with Crippen molar-refractivity contribution >= 4 is 18.1 Å². The van der Waals surface area contributed by atoms with Gasteiger partial charge in [0.25, 0.3) is 0 Å². The van der Waals surface area contributed by atoms with E-state index in [9.17, 15) is 0 Å². The maximum atomic E-state index is 5.83. The van der Waals surface area contributed by atoms with E-state index in [0.717, 1.165) is 11.1 Å². The highest BCUT2D eigenvalue weighted by Gasteiger charge is 1.96. The van der Waals surface area contributed by atoms with E-state index in [4.69, 9.17) is 5.73 Å². The first-order valence-electron chi connectivity index (χ1n) is 6.05. The third kappa shape index (κ3) is 4.24. The van der Waals surface area contributed by atoms with Crippen LogP contribution < -0.4 is 10.8 Å². The summed E-state index contributed by atoms with van der Waals surface area (Å²) in [6.07, 6.45) is 5.61. The predicted molar refractivity (Wildman–Crippen MR) is 79.7 cm³/mol. The standard InChI is InChI=1S/C16H15N3/c17-16(15-11-5-2-6-12-15)19-18-13-7-10-14-8-3-1-4-9-14/h1-13H,(H2,17,19)/p+1/b10-7-,18-13+. The molecule has 0 amide bonds. The first-order chi connectivity index (χ1) is 9.36. The third-order valence-corrected chi connectivity index (χ3v) is 2.51. The van der Waals surface area contributed by atoms with Crippen molar-refractivity contribution in [1.82, 2.24) is 0 Å². The van der Waals surface area contributed by atoms with Crippen LogP contribution in [0.2, 0.25) is 0 Å². The Bertz CT molecular complexity index is 584. The summed E-state index contributed by atoms with van der Waals surface area (Å²) in [6, 6.07) is 19.7. The molecule has 3 N–H and O–H groups in total. The summed E-state index contributed by atoms with van der Waals surface area (Å²) in [6.45, 7) is 0. The van der Waals surface area contributed by atoms with E-state index >= 15 is 0 Å². The monoisotopic (exact) mass is 250 g/mol. The van der Waals surface area contributed by atoms with Gasteiger partial charge < -0.3 is 5.73 Å². The Labute approximate surface area is 112 Å². The van der Waals surface area contributed by atoms with E-state index in [1.54, 1.807) is 6.21 Å². The van der Waals surface area contributed by atoms with Crippen molar-refractivity contribution in [3.8, 4) is 0 Å². The van der Waals surface area contributed by atoms with Gasteiger partial charge in [0.2, 0.25) is 0 Å². The number of hydrogen-bond acceptors (Lipinski definition) is 1. The van der Waals surface area contributed by atoms with Crippen LogP contribution in [0.3, 0.4) is 0 Å². The van der Waals surface area contributed by atoms with Crippen LogP contribution >= 0.6 is 0 Å².